The largest absolute Gasteiger partial charge is 0.504 e. The molecule has 0 radical (unpaired) electrons. The highest BCUT2D eigenvalue weighted by molar-refractivity contribution is 5.86. The molecule has 0 aliphatic heterocycles. The van der Waals surface area contributed by atoms with E-state index in [9.17, 15) is 9.90 Å². The highest BCUT2D eigenvalue weighted by atomic mass is 16.5. The summed E-state index contributed by atoms with van der Waals surface area (Å²) in [6.45, 7) is 1.88. The lowest BCUT2D eigenvalue weighted by Crippen LogP contribution is -2.10. The first-order valence-electron chi connectivity index (χ1n) is 7.86. The van der Waals surface area contributed by atoms with Gasteiger partial charge in [-0.2, -0.15) is 0 Å². The number of aromatic hydroxyl groups is 1. The second-order valence-electron chi connectivity index (χ2n) is 5.18. The van der Waals surface area contributed by atoms with Crippen molar-refractivity contribution in [2.24, 2.45) is 0 Å². The Morgan fingerprint density at radius 1 is 1.00 bits per heavy atom. The Hall–Kier alpha value is -2.57. The average Bonchev–Trinajstić information content (AvgIpc) is 2.65. The molecule has 0 aromatic heterocycles. The molecule has 134 valence electrons. The molecule has 6 heteroatoms. The van der Waals surface area contributed by atoms with Crippen molar-refractivity contribution in [2.75, 3.05) is 40.6 Å². The Bertz CT molecular complexity index is 698. The van der Waals surface area contributed by atoms with Gasteiger partial charge in [-0.1, -0.05) is 18.2 Å². The van der Waals surface area contributed by atoms with Crippen LogP contribution in [0.25, 0.3) is 11.1 Å². The molecule has 6 nitrogen and oxygen atoms in total. The molecule has 0 atom stereocenters. The van der Waals surface area contributed by atoms with E-state index in [2.05, 4.69) is 0 Å². The number of benzene rings is 2. The van der Waals surface area contributed by atoms with E-state index in [0.29, 0.717) is 44.0 Å². The molecule has 1 N–H and O–H groups in total. The Kier molecular flexibility index (Phi) is 7.25. The van der Waals surface area contributed by atoms with Gasteiger partial charge >= 0.3 is 0 Å². The molecule has 2 aromatic carbocycles. The fourth-order valence-corrected chi connectivity index (χ4v) is 2.32. The van der Waals surface area contributed by atoms with Crippen LogP contribution in [0, 0.1) is 0 Å². The number of phenols is 1. The summed E-state index contributed by atoms with van der Waals surface area (Å²) >= 11 is 0. The summed E-state index contributed by atoms with van der Waals surface area (Å²) in [7, 11) is 3.06. The van der Waals surface area contributed by atoms with Gasteiger partial charge in [-0.25, -0.2) is 0 Å². The Balaban J connectivity index is 2.18. The van der Waals surface area contributed by atoms with E-state index < -0.39 is 0 Å². The molecule has 0 saturated carbocycles. The molecule has 0 amide bonds. The van der Waals surface area contributed by atoms with Gasteiger partial charge in [0.1, 0.15) is 12.4 Å². The van der Waals surface area contributed by atoms with Gasteiger partial charge in [-0.3, -0.25) is 4.79 Å². The van der Waals surface area contributed by atoms with Gasteiger partial charge in [0.2, 0.25) is 0 Å². The molecule has 0 aliphatic carbocycles. The minimum atomic E-state index is -0.175. The maximum atomic E-state index is 11.2. The lowest BCUT2D eigenvalue weighted by Gasteiger charge is -2.14. The van der Waals surface area contributed by atoms with Crippen molar-refractivity contribution in [1.29, 1.82) is 0 Å². The molecule has 0 bridgehead atoms. The summed E-state index contributed by atoms with van der Waals surface area (Å²) in [5.41, 5.74) is 1.67. The third-order valence-corrected chi connectivity index (χ3v) is 3.57. The Morgan fingerprint density at radius 2 is 1.76 bits per heavy atom. The predicted octanol–water partition coefficient (Wildman–Crippen LogP) is 2.92. The van der Waals surface area contributed by atoms with Crippen LogP contribution in [0.2, 0.25) is 0 Å². The van der Waals surface area contributed by atoms with E-state index in [4.69, 9.17) is 18.9 Å². The number of phenolic OH excluding ortho intramolecular Hbond substituents is 1. The molecular weight excluding hydrogens is 324 g/mol. The number of hydrogen-bond acceptors (Lipinski definition) is 6. The molecular formula is C19H22O6. The van der Waals surface area contributed by atoms with Crippen LogP contribution in [0.3, 0.4) is 0 Å². The van der Waals surface area contributed by atoms with Crippen LogP contribution in [0.5, 0.6) is 17.2 Å². The quantitative estimate of drug-likeness (QED) is 0.527. The lowest BCUT2D eigenvalue weighted by molar-refractivity contribution is 0.0545. The van der Waals surface area contributed by atoms with E-state index in [-0.39, 0.29) is 17.1 Å². The fourth-order valence-electron chi connectivity index (χ4n) is 2.32. The molecule has 0 fully saturated rings. The molecule has 2 aromatic rings. The maximum Gasteiger partial charge on any atom is 0.168 e. The van der Waals surface area contributed by atoms with E-state index in [0.717, 1.165) is 5.56 Å². The second kappa shape index (κ2) is 9.66. The zero-order valence-corrected chi connectivity index (χ0v) is 14.4. The van der Waals surface area contributed by atoms with Gasteiger partial charge in [-0.05, 0) is 23.8 Å². The lowest BCUT2D eigenvalue weighted by atomic mass is 10.0. The van der Waals surface area contributed by atoms with Crippen molar-refractivity contribution in [3.63, 3.8) is 0 Å². The van der Waals surface area contributed by atoms with E-state index in [1.807, 2.05) is 24.3 Å². The van der Waals surface area contributed by atoms with Crippen molar-refractivity contribution >= 4 is 6.29 Å². The summed E-state index contributed by atoms with van der Waals surface area (Å²) in [5, 5.41) is 9.96. The van der Waals surface area contributed by atoms with Crippen molar-refractivity contribution in [3.8, 4) is 28.4 Å². The second-order valence-corrected chi connectivity index (χ2v) is 5.18. The zero-order chi connectivity index (χ0) is 18.1. The third-order valence-electron chi connectivity index (χ3n) is 3.57. The number of carbonyl (C=O) groups excluding carboxylic acids is 1. The van der Waals surface area contributed by atoms with Crippen molar-refractivity contribution in [3.05, 3.63) is 42.0 Å². The van der Waals surface area contributed by atoms with Crippen molar-refractivity contribution in [1.82, 2.24) is 0 Å². The maximum absolute atomic E-state index is 11.2. The topological polar surface area (TPSA) is 74.2 Å². The number of rotatable bonds is 10. The molecule has 0 spiro atoms. The van der Waals surface area contributed by atoms with Crippen LogP contribution in [0.4, 0.5) is 0 Å². The first kappa shape index (κ1) is 18.8. The smallest absolute Gasteiger partial charge is 0.168 e. The molecule has 0 heterocycles. The van der Waals surface area contributed by atoms with E-state index >= 15 is 0 Å². The van der Waals surface area contributed by atoms with Gasteiger partial charge in [0.25, 0.3) is 0 Å². The third kappa shape index (κ3) is 4.95. The SMILES string of the molecule is COCCOCCOc1ccccc1-c1cc(C=O)c(O)c(OC)c1. The Labute approximate surface area is 146 Å². The summed E-state index contributed by atoms with van der Waals surface area (Å²) in [5.74, 6) is 0.714. The molecule has 0 unspecified atom stereocenters. The summed E-state index contributed by atoms with van der Waals surface area (Å²) < 4.78 is 21.2. The van der Waals surface area contributed by atoms with Crippen molar-refractivity contribution in [2.45, 2.75) is 0 Å². The minimum absolute atomic E-state index is 0.159. The summed E-state index contributed by atoms with van der Waals surface area (Å²) in [4.78, 5) is 11.2. The van der Waals surface area contributed by atoms with E-state index in [1.54, 1.807) is 19.2 Å². The molecule has 2 rings (SSSR count). The van der Waals surface area contributed by atoms with Gasteiger partial charge in [0, 0.05) is 12.7 Å². The molecule has 25 heavy (non-hydrogen) atoms. The average molecular weight is 346 g/mol. The van der Waals surface area contributed by atoms with Crippen LogP contribution in [-0.2, 0) is 9.47 Å². The monoisotopic (exact) mass is 346 g/mol. The van der Waals surface area contributed by atoms with Crippen LogP contribution in [0.15, 0.2) is 36.4 Å². The highest BCUT2D eigenvalue weighted by Gasteiger charge is 2.14. The van der Waals surface area contributed by atoms with E-state index in [1.165, 1.54) is 7.11 Å². The normalized spacial score (nSPS) is 10.5. The van der Waals surface area contributed by atoms with Gasteiger partial charge in [0.05, 0.1) is 32.5 Å². The van der Waals surface area contributed by atoms with Crippen LogP contribution in [-0.4, -0.2) is 52.0 Å². The number of para-hydroxylation sites is 1. The predicted molar refractivity (Wildman–Crippen MR) is 93.7 cm³/mol. The van der Waals surface area contributed by atoms with Crippen molar-refractivity contribution < 1.29 is 28.8 Å². The van der Waals surface area contributed by atoms with Crippen LogP contribution in [0.1, 0.15) is 10.4 Å². The van der Waals surface area contributed by atoms with Gasteiger partial charge < -0.3 is 24.1 Å². The Morgan fingerprint density at radius 3 is 2.48 bits per heavy atom. The molecule has 0 saturated heterocycles. The van der Waals surface area contributed by atoms with Gasteiger partial charge in [-0.15, -0.1) is 0 Å². The highest BCUT2D eigenvalue weighted by Crippen LogP contribution is 2.37. The minimum Gasteiger partial charge on any atom is -0.504 e. The fraction of sp³-hybridized carbons (Fsp3) is 0.316. The number of aldehydes is 1. The van der Waals surface area contributed by atoms with Crippen LogP contribution >= 0.6 is 0 Å². The summed E-state index contributed by atoms with van der Waals surface area (Å²) in [6.07, 6.45) is 0.592. The van der Waals surface area contributed by atoms with Crippen LogP contribution < -0.4 is 9.47 Å². The standard InChI is InChI=1S/C19H22O6/c1-22-7-8-24-9-10-25-17-6-4-3-5-16(17)14-11-15(13-20)19(21)18(12-14)23-2/h3-6,11-13,21H,7-10H2,1-2H3. The number of methoxy groups -OCH3 is 2. The number of ether oxygens (including phenoxy) is 4. The van der Waals surface area contributed by atoms with Gasteiger partial charge in [0.15, 0.2) is 17.8 Å². The first-order valence-corrected chi connectivity index (χ1v) is 7.86. The number of hydrogen-bond donors (Lipinski definition) is 1. The first-order chi connectivity index (χ1) is 12.2. The molecule has 0 aliphatic rings. The number of carbonyl (C=O) groups is 1. The zero-order valence-electron chi connectivity index (χ0n) is 14.4. The summed E-state index contributed by atoms with van der Waals surface area (Å²) in [6, 6.07) is 10.7.